The van der Waals surface area contributed by atoms with Crippen LogP contribution in [0.25, 0.3) is 22.3 Å². The lowest BCUT2D eigenvalue weighted by molar-refractivity contribution is -0.139. The molecule has 39 heavy (non-hydrogen) atoms. The maximum Gasteiger partial charge on any atom is 0.407 e. The van der Waals surface area contributed by atoms with Crippen LogP contribution in [-0.4, -0.2) is 42.9 Å². The smallest absolute Gasteiger partial charge is 0.407 e. The molecule has 0 saturated carbocycles. The van der Waals surface area contributed by atoms with Crippen LogP contribution in [0.15, 0.2) is 97.1 Å². The number of carboxylic acid groups (broad SMARTS) is 1. The lowest BCUT2D eigenvalue weighted by atomic mass is 9.98. The molecular formula is C32H27NO6. The first-order chi connectivity index (χ1) is 18.9. The van der Waals surface area contributed by atoms with Gasteiger partial charge in [-0.2, -0.15) is 0 Å². The van der Waals surface area contributed by atoms with Gasteiger partial charge in [-0.05, 0) is 51.1 Å². The molecule has 4 aromatic carbocycles. The van der Waals surface area contributed by atoms with E-state index in [4.69, 9.17) is 9.47 Å². The molecule has 0 aromatic heterocycles. The van der Waals surface area contributed by atoms with Gasteiger partial charge in [0.2, 0.25) is 0 Å². The number of carbonyl (C=O) groups is 3. The third-order valence-electron chi connectivity index (χ3n) is 6.97. The maximum atomic E-state index is 12.6. The quantitative estimate of drug-likeness (QED) is 0.290. The van der Waals surface area contributed by atoms with E-state index in [2.05, 4.69) is 17.4 Å². The number of rotatable bonds is 8. The summed E-state index contributed by atoms with van der Waals surface area (Å²) in [4.78, 5) is 36.2. The van der Waals surface area contributed by atoms with Crippen LogP contribution in [0.5, 0.6) is 0 Å². The Morgan fingerprint density at radius 1 is 0.795 bits per heavy atom. The molecular weight excluding hydrogens is 494 g/mol. The van der Waals surface area contributed by atoms with Crippen LogP contribution in [0.2, 0.25) is 0 Å². The molecule has 0 saturated heterocycles. The number of esters is 1. The molecule has 0 radical (unpaired) electrons. The Bertz CT molecular complexity index is 1470. The summed E-state index contributed by atoms with van der Waals surface area (Å²) in [5.74, 6) is -1.66. The van der Waals surface area contributed by atoms with E-state index < -0.39 is 24.1 Å². The molecule has 0 heterocycles. The molecule has 1 aliphatic carbocycles. The third kappa shape index (κ3) is 5.52. The van der Waals surface area contributed by atoms with Crippen LogP contribution >= 0.6 is 0 Å². The molecule has 4 aromatic rings. The molecule has 1 aliphatic rings. The molecule has 7 nitrogen and oxygen atoms in total. The van der Waals surface area contributed by atoms with Crippen molar-refractivity contribution < 1.29 is 29.0 Å². The number of carbonyl (C=O) groups excluding carboxylic acids is 2. The van der Waals surface area contributed by atoms with Crippen molar-refractivity contribution in [1.29, 1.82) is 0 Å². The Balaban J connectivity index is 1.21. The van der Waals surface area contributed by atoms with E-state index >= 15 is 0 Å². The van der Waals surface area contributed by atoms with Gasteiger partial charge < -0.3 is 19.9 Å². The van der Waals surface area contributed by atoms with Gasteiger partial charge in [0.1, 0.15) is 12.6 Å². The standard InChI is InChI=1S/C32H27NO6/c1-38-31(36)23-16-14-22(15-17-23)21-12-10-20(11-13-21)18-29(30(34)35)33-32(37)39-19-28-26-8-4-2-6-24(26)25-7-3-5-9-27(25)28/h2-17,28-29H,18-19H2,1H3,(H,33,37)(H,34,35). The van der Waals surface area contributed by atoms with Crippen LogP contribution in [0.4, 0.5) is 4.79 Å². The molecule has 196 valence electrons. The van der Waals surface area contributed by atoms with Gasteiger partial charge in [0.15, 0.2) is 0 Å². The highest BCUT2D eigenvalue weighted by Gasteiger charge is 2.29. The number of aliphatic carboxylic acids is 1. The van der Waals surface area contributed by atoms with E-state index in [1.165, 1.54) is 7.11 Å². The van der Waals surface area contributed by atoms with Crippen molar-refractivity contribution in [2.75, 3.05) is 13.7 Å². The largest absolute Gasteiger partial charge is 0.480 e. The zero-order valence-corrected chi connectivity index (χ0v) is 21.3. The van der Waals surface area contributed by atoms with E-state index in [0.717, 1.165) is 38.9 Å². The summed E-state index contributed by atoms with van der Waals surface area (Å²) >= 11 is 0. The van der Waals surface area contributed by atoms with E-state index in [9.17, 15) is 19.5 Å². The lowest BCUT2D eigenvalue weighted by Gasteiger charge is -2.17. The molecule has 7 heteroatoms. The Morgan fingerprint density at radius 2 is 1.33 bits per heavy atom. The predicted molar refractivity (Wildman–Crippen MR) is 147 cm³/mol. The van der Waals surface area contributed by atoms with Gasteiger partial charge in [-0.15, -0.1) is 0 Å². The molecule has 0 bridgehead atoms. The van der Waals surface area contributed by atoms with Crippen LogP contribution in [0, 0.1) is 0 Å². The highest BCUT2D eigenvalue weighted by atomic mass is 16.5. The first-order valence-corrected chi connectivity index (χ1v) is 12.6. The minimum atomic E-state index is -1.15. The van der Waals surface area contributed by atoms with Crippen molar-refractivity contribution in [3.63, 3.8) is 0 Å². The molecule has 2 N–H and O–H groups in total. The predicted octanol–water partition coefficient (Wildman–Crippen LogP) is 5.67. The van der Waals surface area contributed by atoms with E-state index in [1.807, 2.05) is 72.8 Å². The van der Waals surface area contributed by atoms with E-state index in [-0.39, 0.29) is 18.9 Å². The van der Waals surface area contributed by atoms with Crippen LogP contribution in [0.3, 0.4) is 0 Å². The molecule has 0 aliphatic heterocycles. The normalized spacial score (nSPS) is 12.6. The molecule has 0 fully saturated rings. The average Bonchev–Trinajstić information content (AvgIpc) is 3.29. The fraction of sp³-hybridized carbons (Fsp3) is 0.156. The van der Waals surface area contributed by atoms with Crippen molar-refractivity contribution in [3.8, 4) is 22.3 Å². The lowest BCUT2D eigenvalue weighted by Crippen LogP contribution is -2.42. The van der Waals surface area contributed by atoms with Gasteiger partial charge in [-0.3, -0.25) is 0 Å². The second-order valence-corrected chi connectivity index (χ2v) is 9.33. The Kier molecular flexibility index (Phi) is 7.41. The Labute approximate surface area is 226 Å². The SMILES string of the molecule is COC(=O)c1ccc(-c2ccc(CC(NC(=O)OCC3c4ccccc4-c4ccccc43)C(=O)O)cc2)cc1. The molecule has 5 rings (SSSR count). The summed E-state index contributed by atoms with van der Waals surface area (Å²) in [6, 6.07) is 29.3. The number of amides is 1. The van der Waals surface area contributed by atoms with Crippen molar-refractivity contribution in [2.45, 2.75) is 18.4 Å². The van der Waals surface area contributed by atoms with Crippen LogP contribution in [-0.2, 0) is 20.7 Å². The third-order valence-corrected chi connectivity index (χ3v) is 6.97. The highest BCUT2D eigenvalue weighted by Crippen LogP contribution is 2.44. The zero-order valence-electron chi connectivity index (χ0n) is 21.3. The maximum absolute atomic E-state index is 12.6. The number of hydrogen-bond acceptors (Lipinski definition) is 5. The number of benzene rings is 4. The molecule has 1 atom stereocenters. The number of fused-ring (bicyclic) bond motifs is 3. The monoisotopic (exact) mass is 521 g/mol. The molecule has 0 spiro atoms. The highest BCUT2D eigenvalue weighted by molar-refractivity contribution is 5.90. The number of carboxylic acids is 1. The van der Waals surface area contributed by atoms with E-state index in [1.54, 1.807) is 12.1 Å². The fourth-order valence-corrected chi connectivity index (χ4v) is 4.97. The summed E-state index contributed by atoms with van der Waals surface area (Å²) < 4.78 is 10.2. The number of alkyl carbamates (subject to hydrolysis) is 1. The summed E-state index contributed by atoms with van der Waals surface area (Å²) in [7, 11) is 1.34. The van der Waals surface area contributed by atoms with Crippen molar-refractivity contribution >= 4 is 18.0 Å². The van der Waals surface area contributed by atoms with Crippen molar-refractivity contribution in [3.05, 3.63) is 119 Å². The van der Waals surface area contributed by atoms with Gasteiger partial charge >= 0.3 is 18.0 Å². The van der Waals surface area contributed by atoms with E-state index in [0.29, 0.717) is 5.56 Å². The van der Waals surface area contributed by atoms with Gasteiger partial charge in [-0.25, -0.2) is 14.4 Å². The van der Waals surface area contributed by atoms with Crippen molar-refractivity contribution in [1.82, 2.24) is 5.32 Å². The summed E-state index contributed by atoms with van der Waals surface area (Å²) in [6.07, 6.45) is -0.673. The van der Waals surface area contributed by atoms with Gasteiger partial charge in [0, 0.05) is 12.3 Å². The first-order valence-electron chi connectivity index (χ1n) is 12.6. The summed E-state index contributed by atoms with van der Waals surface area (Å²) in [6.45, 7) is 0.107. The van der Waals surface area contributed by atoms with Crippen LogP contribution in [0.1, 0.15) is 33.0 Å². The first kappa shape index (κ1) is 25.7. The van der Waals surface area contributed by atoms with Gasteiger partial charge in [0.25, 0.3) is 0 Å². The minimum absolute atomic E-state index is 0.0983. The van der Waals surface area contributed by atoms with Gasteiger partial charge in [0.05, 0.1) is 12.7 Å². The molecule has 1 amide bonds. The second-order valence-electron chi connectivity index (χ2n) is 9.33. The van der Waals surface area contributed by atoms with Crippen molar-refractivity contribution in [2.24, 2.45) is 0 Å². The fourth-order valence-electron chi connectivity index (χ4n) is 4.97. The number of hydrogen-bond donors (Lipinski definition) is 2. The topological polar surface area (TPSA) is 102 Å². The number of ether oxygens (including phenoxy) is 2. The minimum Gasteiger partial charge on any atom is -0.480 e. The number of methoxy groups -OCH3 is 1. The summed E-state index contributed by atoms with van der Waals surface area (Å²) in [5, 5.41) is 12.2. The zero-order chi connectivity index (χ0) is 27.4. The Morgan fingerprint density at radius 3 is 1.87 bits per heavy atom. The van der Waals surface area contributed by atoms with Crippen LogP contribution < -0.4 is 5.32 Å². The second kappa shape index (κ2) is 11.2. The molecule has 1 unspecified atom stereocenters. The Hall–Kier alpha value is -4.91. The van der Waals surface area contributed by atoms with Gasteiger partial charge in [-0.1, -0.05) is 84.9 Å². The number of nitrogens with one attached hydrogen (secondary N) is 1. The summed E-state index contributed by atoms with van der Waals surface area (Å²) in [5.41, 5.74) is 7.43. The average molecular weight is 522 g/mol.